The Balaban J connectivity index is 1.97. The van der Waals surface area contributed by atoms with Gasteiger partial charge in [0, 0.05) is 24.5 Å². The molecular weight excluding hydrogens is 254 g/mol. The first kappa shape index (κ1) is 14.8. The maximum absolute atomic E-state index is 4.76. The van der Waals surface area contributed by atoms with E-state index in [1.165, 1.54) is 15.7 Å². The summed E-state index contributed by atoms with van der Waals surface area (Å²) in [6.07, 6.45) is 0. The second-order valence-electron chi connectivity index (χ2n) is 6.39. The van der Waals surface area contributed by atoms with Crippen molar-refractivity contribution in [3.8, 4) is 0 Å². The number of nitrogens with one attached hydrogen (secondary N) is 1. The fourth-order valence-corrected chi connectivity index (χ4v) is 3.52. The van der Waals surface area contributed by atoms with Gasteiger partial charge in [-0.3, -0.25) is 0 Å². The highest BCUT2D eigenvalue weighted by Crippen LogP contribution is 2.32. The van der Waals surface area contributed by atoms with Gasteiger partial charge in [0.15, 0.2) is 5.13 Å². The number of aromatic nitrogens is 1. The predicted octanol–water partition coefficient (Wildman–Crippen LogP) is 3.29. The highest BCUT2D eigenvalue weighted by molar-refractivity contribution is 7.15. The van der Waals surface area contributed by atoms with Crippen LogP contribution < -0.4 is 10.2 Å². The van der Waals surface area contributed by atoms with Crippen LogP contribution in [0.4, 0.5) is 5.13 Å². The van der Waals surface area contributed by atoms with Gasteiger partial charge in [0.2, 0.25) is 0 Å². The summed E-state index contributed by atoms with van der Waals surface area (Å²) in [6, 6.07) is 0. The van der Waals surface area contributed by atoms with Crippen LogP contribution in [0, 0.1) is 24.7 Å². The maximum atomic E-state index is 4.76. The van der Waals surface area contributed by atoms with Crippen molar-refractivity contribution in [2.24, 2.45) is 17.8 Å². The number of aryl methyl sites for hydroxylation is 1. The first-order valence-corrected chi connectivity index (χ1v) is 8.21. The summed E-state index contributed by atoms with van der Waals surface area (Å²) in [4.78, 5) is 8.61. The summed E-state index contributed by atoms with van der Waals surface area (Å²) >= 11 is 1.86. The number of anilines is 1. The SMILES string of the molecule is Cc1nc(N2CC(C)C(C)C2)sc1CNCC(C)C. The molecule has 0 aromatic carbocycles. The van der Waals surface area contributed by atoms with E-state index in [0.29, 0.717) is 5.92 Å². The lowest BCUT2D eigenvalue weighted by Gasteiger charge is -2.13. The number of rotatable bonds is 5. The highest BCUT2D eigenvalue weighted by atomic mass is 32.1. The van der Waals surface area contributed by atoms with E-state index in [1.54, 1.807) is 0 Å². The number of nitrogens with zero attached hydrogens (tertiary/aromatic N) is 2. The van der Waals surface area contributed by atoms with E-state index in [-0.39, 0.29) is 0 Å². The molecule has 3 nitrogen and oxygen atoms in total. The normalized spacial score (nSPS) is 23.6. The molecule has 2 atom stereocenters. The summed E-state index contributed by atoms with van der Waals surface area (Å²) in [6.45, 7) is 15.7. The van der Waals surface area contributed by atoms with Crippen LogP contribution >= 0.6 is 11.3 Å². The molecule has 1 saturated heterocycles. The van der Waals surface area contributed by atoms with Crippen LogP contribution in [-0.4, -0.2) is 24.6 Å². The predicted molar refractivity (Wildman–Crippen MR) is 83.9 cm³/mol. The second-order valence-corrected chi connectivity index (χ2v) is 7.45. The molecule has 0 radical (unpaired) electrons. The molecule has 1 aliphatic heterocycles. The maximum Gasteiger partial charge on any atom is 0.185 e. The first-order valence-electron chi connectivity index (χ1n) is 7.39. The van der Waals surface area contributed by atoms with Gasteiger partial charge in [-0.1, -0.05) is 27.7 Å². The lowest BCUT2D eigenvalue weighted by atomic mass is 10.0. The molecule has 1 aromatic heterocycles. The summed E-state index contributed by atoms with van der Waals surface area (Å²) in [7, 11) is 0. The Morgan fingerprint density at radius 3 is 2.53 bits per heavy atom. The standard InChI is InChI=1S/C15H27N3S/c1-10(2)6-16-7-14-13(5)17-15(19-14)18-8-11(3)12(4)9-18/h10-12,16H,6-9H2,1-5H3. The van der Waals surface area contributed by atoms with Crippen LogP contribution in [0.15, 0.2) is 0 Å². The van der Waals surface area contributed by atoms with Crippen molar-refractivity contribution < 1.29 is 0 Å². The van der Waals surface area contributed by atoms with Crippen molar-refractivity contribution in [1.82, 2.24) is 10.3 Å². The minimum Gasteiger partial charge on any atom is -0.348 e. The monoisotopic (exact) mass is 281 g/mol. The van der Waals surface area contributed by atoms with Crippen LogP contribution in [0.2, 0.25) is 0 Å². The largest absolute Gasteiger partial charge is 0.348 e. The van der Waals surface area contributed by atoms with Gasteiger partial charge in [-0.15, -0.1) is 11.3 Å². The van der Waals surface area contributed by atoms with E-state index in [1.807, 2.05) is 11.3 Å². The molecule has 19 heavy (non-hydrogen) atoms. The van der Waals surface area contributed by atoms with Crippen molar-refractivity contribution in [1.29, 1.82) is 0 Å². The minimum absolute atomic E-state index is 0.702. The van der Waals surface area contributed by atoms with Crippen molar-refractivity contribution in [3.05, 3.63) is 10.6 Å². The first-order chi connectivity index (χ1) is 8.97. The molecular formula is C15H27N3S. The lowest BCUT2D eigenvalue weighted by Crippen LogP contribution is -2.19. The molecule has 2 unspecified atom stereocenters. The Labute approximate surface area is 121 Å². The van der Waals surface area contributed by atoms with Crippen LogP contribution in [-0.2, 0) is 6.54 Å². The van der Waals surface area contributed by atoms with E-state index in [4.69, 9.17) is 4.98 Å². The zero-order valence-corrected chi connectivity index (χ0v) is 13.7. The van der Waals surface area contributed by atoms with Gasteiger partial charge in [0.25, 0.3) is 0 Å². The molecule has 0 bridgehead atoms. The number of thiazole rings is 1. The topological polar surface area (TPSA) is 28.2 Å². The summed E-state index contributed by atoms with van der Waals surface area (Å²) in [5, 5.41) is 4.73. The Morgan fingerprint density at radius 2 is 1.95 bits per heavy atom. The van der Waals surface area contributed by atoms with Gasteiger partial charge in [0.05, 0.1) is 5.69 Å². The Morgan fingerprint density at radius 1 is 1.32 bits per heavy atom. The average molecular weight is 281 g/mol. The smallest absolute Gasteiger partial charge is 0.185 e. The van der Waals surface area contributed by atoms with Crippen LogP contribution in [0.1, 0.15) is 38.3 Å². The Kier molecular flexibility index (Phi) is 4.85. The van der Waals surface area contributed by atoms with Gasteiger partial charge in [-0.05, 0) is 31.2 Å². The molecule has 0 saturated carbocycles. The van der Waals surface area contributed by atoms with E-state index in [9.17, 15) is 0 Å². The molecule has 4 heteroatoms. The van der Waals surface area contributed by atoms with E-state index < -0.39 is 0 Å². The zero-order chi connectivity index (χ0) is 14.0. The van der Waals surface area contributed by atoms with Gasteiger partial charge in [0.1, 0.15) is 0 Å². The van der Waals surface area contributed by atoms with Crippen molar-refractivity contribution in [2.45, 2.75) is 41.2 Å². The zero-order valence-electron chi connectivity index (χ0n) is 12.9. The van der Waals surface area contributed by atoms with E-state index >= 15 is 0 Å². The number of hydrogen-bond acceptors (Lipinski definition) is 4. The molecule has 2 heterocycles. The molecule has 0 aliphatic carbocycles. The third kappa shape index (κ3) is 3.69. The van der Waals surface area contributed by atoms with Gasteiger partial charge in [-0.2, -0.15) is 0 Å². The molecule has 1 aliphatic rings. The van der Waals surface area contributed by atoms with Gasteiger partial charge in [-0.25, -0.2) is 4.98 Å². The quantitative estimate of drug-likeness (QED) is 0.897. The summed E-state index contributed by atoms with van der Waals surface area (Å²) in [5.74, 6) is 2.27. The Bertz CT molecular complexity index is 404. The average Bonchev–Trinajstić information content (AvgIpc) is 2.84. The van der Waals surface area contributed by atoms with Crippen molar-refractivity contribution in [2.75, 3.05) is 24.5 Å². The fourth-order valence-electron chi connectivity index (χ4n) is 2.47. The third-order valence-corrected chi connectivity index (χ3v) is 5.20. The molecule has 0 amide bonds. The molecule has 1 fully saturated rings. The van der Waals surface area contributed by atoms with Gasteiger partial charge >= 0.3 is 0 Å². The van der Waals surface area contributed by atoms with Crippen molar-refractivity contribution in [3.63, 3.8) is 0 Å². The Hall–Kier alpha value is -0.610. The van der Waals surface area contributed by atoms with Crippen molar-refractivity contribution >= 4 is 16.5 Å². The van der Waals surface area contributed by atoms with Crippen LogP contribution in [0.25, 0.3) is 0 Å². The van der Waals surface area contributed by atoms with Crippen LogP contribution in [0.3, 0.4) is 0 Å². The third-order valence-electron chi connectivity index (χ3n) is 3.98. The van der Waals surface area contributed by atoms with E-state index in [0.717, 1.165) is 38.0 Å². The molecule has 1 aromatic rings. The fraction of sp³-hybridized carbons (Fsp3) is 0.800. The highest BCUT2D eigenvalue weighted by Gasteiger charge is 2.28. The van der Waals surface area contributed by atoms with E-state index in [2.05, 4.69) is 44.8 Å². The summed E-state index contributed by atoms with van der Waals surface area (Å²) in [5.41, 5.74) is 1.20. The molecule has 0 spiro atoms. The minimum atomic E-state index is 0.702. The molecule has 1 N–H and O–H groups in total. The van der Waals surface area contributed by atoms with Gasteiger partial charge < -0.3 is 10.2 Å². The lowest BCUT2D eigenvalue weighted by molar-refractivity contribution is 0.494. The molecule has 2 rings (SSSR count). The molecule has 108 valence electrons. The number of hydrogen-bond donors (Lipinski definition) is 1. The van der Waals surface area contributed by atoms with Crippen LogP contribution in [0.5, 0.6) is 0 Å². The second kappa shape index (κ2) is 6.23. The summed E-state index contributed by atoms with van der Waals surface area (Å²) < 4.78 is 0.